The topological polar surface area (TPSA) is 82.9 Å². The lowest BCUT2D eigenvalue weighted by atomic mass is 10.0. The van der Waals surface area contributed by atoms with Crippen LogP contribution in [0, 0.1) is 12.8 Å². The highest BCUT2D eigenvalue weighted by Crippen LogP contribution is 2.13. The highest BCUT2D eigenvalue weighted by molar-refractivity contribution is 5.98. The van der Waals surface area contributed by atoms with Crippen molar-refractivity contribution in [1.29, 1.82) is 0 Å². The number of benzene rings is 1. The van der Waals surface area contributed by atoms with Crippen molar-refractivity contribution < 1.29 is 18.8 Å². The van der Waals surface area contributed by atoms with Gasteiger partial charge in [0.1, 0.15) is 12.3 Å². The average molecular weight is 397 g/mol. The Hall–Kier alpha value is -3.09. The standard InChI is InChI=1S/C22H27N3O4/c1-15(2)19(23-20(26)17-6-4-16(3)5-7-17)22(28)25-11-9-24(10-12-25)21(27)18-8-13-29-14-18/h4-8,13-15,19H,9-12H2,1-3H3,(H,23,26). The first-order chi connectivity index (χ1) is 13.9. The van der Waals surface area contributed by atoms with Gasteiger partial charge >= 0.3 is 0 Å². The van der Waals surface area contributed by atoms with Gasteiger partial charge in [0.15, 0.2) is 0 Å². The van der Waals surface area contributed by atoms with Crippen LogP contribution >= 0.6 is 0 Å². The van der Waals surface area contributed by atoms with E-state index in [2.05, 4.69) is 5.32 Å². The predicted molar refractivity (Wildman–Crippen MR) is 108 cm³/mol. The maximum absolute atomic E-state index is 13.1. The lowest BCUT2D eigenvalue weighted by molar-refractivity contribution is -0.135. The number of rotatable bonds is 5. The van der Waals surface area contributed by atoms with E-state index in [9.17, 15) is 14.4 Å². The van der Waals surface area contributed by atoms with Crippen LogP contribution < -0.4 is 5.32 Å². The van der Waals surface area contributed by atoms with Crippen LogP contribution in [0.5, 0.6) is 0 Å². The van der Waals surface area contributed by atoms with Crippen molar-refractivity contribution in [3.8, 4) is 0 Å². The van der Waals surface area contributed by atoms with Crippen LogP contribution in [0.1, 0.15) is 40.1 Å². The molecule has 1 fully saturated rings. The molecule has 7 heteroatoms. The van der Waals surface area contributed by atoms with Crippen molar-refractivity contribution in [2.45, 2.75) is 26.8 Å². The van der Waals surface area contributed by atoms with Gasteiger partial charge in [-0.1, -0.05) is 31.5 Å². The number of hydrogen-bond acceptors (Lipinski definition) is 4. The van der Waals surface area contributed by atoms with E-state index in [0.29, 0.717) is 37.3 Å². The molecule has 1 aromatic carbocycles. The summed E-state index contributed by atoms with van der Waals surface area (Å²) in [5.74, 6) is -0.525. The molecular formula is C22H27N3O4. The molecule has 2 aromatic rings. The summed E-state index contributed by atoms with van der Waals surface area (Å²) in [5.41, 5.74) is 2.11. The van der Waals surface area contributed by atoms with Crippen LogP contribution in [0.25, 0.3) is 0 Å². The second kappa shape index (κ2) is 8.94. The van der Waals surface area contributed by atoms with Crippen LogP contribution in [0.3, 0.4) is 0 Å². The van der Waals surface area contributed by atoms with E-state index in [4.69, 9.17) is 4.42 Å². The third-order valence-corrected chi connectivity index (χ3v) is 5.18. The minimum absolute atomic E-state index is 0.0532. The first-order valence-corrected chi connectivity index (χ1v) is 9.84. The molecule has 7 nitrogen and oxygen atoms in total. The van der Waals surface area contributed by atoms with Gasteiger partial charge in [-0.2, -0.15) is 0 Å². The van der Waals surface area contributed by atoms with Crippen molar-refractivity contribution >= 4 is 17.7 Å². The number of aryl methyl sites for hydroxylation is 1. The number of nitrogens with one attached hydrogen (secondary N) is 1. The van der Waals surface area contributed by atoms with Crippen molar-refractivity contribution in [3.05, 3.63) is 59.5 Å². The molecule has 0 spiro atoms. The Morgan fingerprint density at radius 2 is 1.55 bits per heavy atom. The Kier molecular flexibility index (Phi) is 6.36. The molecule has 0 aliphatic carbocycles. The molecule has 0 radical (unpaired) electrons. The second-order valence-corrected chi connectivity index (χ2v) is 7.69. The maximum atomic E-state index is 13.1. The molecule has 1 N–H and O–H groups in total. The number of carbonyl (C=O) groups is 3. The van der Waals surface area contributed by atoms with Crippen molar-refractivity contribution in [2.75, 3.05) is 26.2 Å². The summed E-state index contributed by atoms with van der Waals surface area (Å²) in [6, 6.07) is 8.28. The molecule has 0 saturated carbocycles. The Balaban J connectivity index is 1.60. The highest BCUT2D eigenvalue weighted by Gasteiger charge is 2.32. The number of carbonyl (C=O) groups excluding carboxylic acids is 3. The third-order valence-electron chi connectivity index (χ3n) is 5.18. The largest absolute Gasteiger partial charge is 0.472 e. The summed E-state index contributed by atoms with van der Waals surface area (Å²) in [4.78, 5) is 41.5. The van der Waals surface area contributed by atoms with E-state index in [1.165, 1.54) is 12.5 Å². The first kappa shape index (κ1) is 20.6. The summed E-state index contributed by atoms with van der Waals surface area (Å²) < 4.78 is 4.97. The summed E-state index contributed by atoms with van der Waals surface area (Å²) in [6.07, 6.45) is 2.90. The summed E-state index contributed by atoms with van der Waals surface area (Å²) >= 11 is 0. The van der Waals surface area contributed by atoms with Crippen LogP contribution in [0.15, 0.2) is 47.3 Å². The van der Waals surface area contributed by atoms with Crippen molar-refractivity contribution in [3.63, 3.8) is 0 Å². The number of furan rings is 1. The van der Waals surface area contributed by atoms with Gasteiger partial charge in [0.05, 0.1) is 11.8 Å². The van der Waals surface area contributed by atoms with E-state index in [1.807, 2.05) is 32.9 Å². The molecule has 1 saturated heterocycles. The number of amides is 3. The normalized spacial score (nSPS) is 15.3. The fourth-order valence-electron chi connectivity index (χ4n) is 3.34. The predicted octanol–water partition coefficient (Wildman–Crippen LogP) is 2.33. The van der Waals surface area contributed by atoms with E-state index >= 15 is 0 Å². The Bertz CT molecular complexity index is 851. The Labute approximate surface area is 170 Å². The molecule has 1 aliphatic rings. The van der Waals surface area contributed by atoms with Gasteiger partial charge in [0.2, 0.25) is 5.91 Å². The first-order valence-electron chi connectivity index (χ1n) is 9.84. The maximum Gasteiger partial charge on any atom is 0.257 e. The summed E-state index contributed by atoms with van der Waals surface area (Å²) in [7, 11) is 0. The van der Waals surface area contributed by atoms with E-state index in [1.54, 1.807) is 28.0 Å². The fraction of sp³-hybridized carbons (Fsp3) is 0.409. The lowest BCUT2D eigenvalue weighted by Crippen LogP contribution is -2.57. The molecule has 1 aliphatic heterocycles. The molecule has 1 aromatic heterocycles. The Morgan fingerprint density at radius 3 is 2.10 bits per heavy atom. The molecule has 3 rings (SSSR count). The third kappa shape index (κ3) is 4.85. The van der Waals surface area contributed by atoms with Crippen molar-refractivity contribution in [1.82, 2.24) is 15.1 Å². The number of nitrogens with zero attached hydrogens (tertiary/aromatic N) is 2. The van der Waals surface area contributed by atoms with Gasteiger partial charge in [-0.25, -0.2) is 0 Å². The molecule has 154 valence electrons. The van der Waals surface area contributed by atoms with Gasteiger partial charge in [0, 0.05) is 31.7 Å². The quantitative estimate of drug-likeness (QED) is 0.839. The number of hydrogen-bond donors (Lipinski definition) is 1. The molecule has 1 atom stereocenters. The molecule has 3 amide bonds. The fourth-order valence-corrected chi connectivity index (χ4v) is 3.34. The molecule has 2 heterocycles. The van der Waals surface area contributed by atoms with E-state index in [0.717, 1.165) is 5.56 Å². The average Bonchev–Trinajstić information content (AvgIpc) is 3.26. The number of piperazine rings is 1. The monoisotopic (exact) mass is 397 g/mol. The summed E-state index contributed by atoms with van der Waals surface area (Å²) in [6.45, 7) is 7.56. The zero-order valence-electron chi connectivity index (χ0n) is 17.1. The molecule has 1 unspecified atom stereocenters. The van der Waals surface area contributed by atoms with Gasteiger partial charge in [-0.15, -0.1) is 0 Å². The smallest absolute Gasteiger partial charge is 0.257 e. The Morgan fingerprint density at radius 1 is 0.931 bits per heavy atom. The zero-order chi connectivity index (χ0) is 21.0. The van der Waals surface area contributed by atoms with E-state index < -0.39 is 6.04 Å². The van der Waals surface area contributed by atoms with Crippen LogP contribution in [-0.2, 0) is 4.79 Å². The molecule has 29 heavy (non-hydrogen) atoms. The van der Waals surface area contributed by atoms with E-state index in [-0.39, 0.29) is 23.6 Å². The van der Waals surface area contributed by atoms with Crippen LogP contribution in [0.4, 0.5) is 0 Å². The van der Waals surface area contributed by atoms with Gasteiger partial charge in [-0.3, -0.25) is 14.4 Å². The minimum Gasteiger partial charge on any atom is -0.472 e. The second-order valence-electron chi connectivity index (χ2n) is 7.69. The zero-order valence-corrected chi connectivity index (χ0v) is 17.1. The SMILES string of the molecule is Cc1ccc(C(=O)NC(C(=O)N2CCN(C(=O)c3ccoc3)CC2)C(C)C)cc1. The summed E-state index contributed by atoms with van der Waals surface area (Å²) in [5, 5.41) is 2.88. The minimum atomic E-state index is -0.611. The van der Waals surface area contributed by atoms with Gasteiger partial charge < -0.3 is 19.5 Å². The van der Waals surface area contributed by atoms with Crippen LogP contribution in [-0.4, -0.2) is 59.7 Å². The lowest BCUT2D eigenvalue weighted by Gasteiger charge is -2.37. The van der Waals surface area contributed by atoms with Crippen molar-refractivity contribution in [2.24, 2.45) is 5.92 Å². The molecular weight excluding hydrogens is 370 g/mol. The highest BCUT2D eigenvalue weighted by atomic mass is 16.3. The van der Waals surface area contributed by atoms with Crippen LogP contribution in [0.2, 0.25) is 0 Å². The van der Waals surface area contributed by atoms with Gasteiger partial charge in [-0.05, 0) is 31.0 Å². The molecule has 0 bridgehead atoms. The van der Waals surface area contributed by atoms with Gasteiger partial charge in [0.25, 0.3) is 11.8 Å².